The van der Waals surface area contributed by atoms with Gasteiger partial charge in [0.1, 0.15) is 12.2 Å². The third-order valence-electron chi connectivity index (χ3n) is 16.7. The fourth-order valence-electron chi connectivity index (χ4n) is 12.7. The molecule has 17 heteroatoms. The quantitative estimate of drug-likeness (QED) is 0.0717. The van der Waals surface area contributed by atoms with Crippen molar-refractivity contribution in [2.24, 2.45) is 34.5 Å². The molecule has 0 aliphatic heterocycles. The Morgan fingerprint density at radius 3 is 1.51 bits per heavy atom. The molecule has 0 heterocycles. The highest BCUT2D eigenvalue weighted by atomic mass is 32.2. The van der Waals surface area contributed by atoms with E-state index in [4.69, 9.17) is 18.6 Å². The van der Waals surface area contributed by atoms with E-state index in [1.54, 1.807) is 0 Å². The van der Waals surface area contributed by atoms with Crippen molar-refractivity contribution in [3.63, 3.8) is 0 Å². The molecule has 0 radical (unpaired) electrons. The van der Waals surface area contributed by atoms with Gasteiger partial charge in [-0.05, 0) is 114 Å². The monoisotopic (exact) mass is 1010 g/mol. The molecule has 2 amide bonds. The zero-order valence-corrected chi connectivity index (χ0v) is 44.0. The van der Waals surface area contributed by atoms with Crippen LogP contribution in [0.25, 0.3) is 0 Å². The summed E-state index contributed by atoms with van der Waals surface area (Å²) in [5.41, 5.74) is 3.03. The van der Waals surface area contributed by atoms with E-state index in [1.165, 1.54) is 0 Å². The maximum absolute atomic E-state index is 13.9. The summed E-state index contributed by atoms with van der Waals surface area (Å²) in [4.78, 5) is 53.7. The van der Waals surface area contributed by atoms with Gasteiger partial charge in [-0.3, -0.25) is 28.3 Å². The van der Waals surface area contributed by atoms with Crippen LogP contribution in [0.2, 0.25) is 0 Å². The molecule has 11 atom stereocenters. The second-order valence-corrected chi connectivity index (χ2v) is 26.6. The first-order chi connectivity index (χ1) is 32.4. The Balaban J connectivity index is 1.08. The summed E-state index contributed by atoms with van der Waals surface area (Å²) >= 11 is 0. The third-order valence-corrected chi connectivity index (χ3v) is 18.1. The lowest BCUT2D eigenvalue weighted by Crippen LogP contribution is -2.58. The molecule has 15 nitrogen and oxygen atoms in total. The number of amides is 2. The molecular weight excluding hydrogens is 937 g/mol. The van der Waals surface area contributed by atoms with Crippen molar-refractivity contribution in [1.82, 2.24) is 10.6 Å². The van der Waals surface area contributed by atoms with E-state index in [0.29, 0.717) is 31.6 Å². The lowest BCUT2D eigenvalue weighted by Gasteiger charge is -2.62. The average Bonchev–Trinajstić information content (AvgIpc) is 3.57. The molecule has 3 unspecified atom stereocenters. The van der Waals surface area contributed by atoms with Gasteiger partial charge in [0, 0.05) is 43.2 Å². The number of hydrogen-bond acceptors (Lipinski definition) is 11. The van der Waals surface area contributed by atoms with Crippen LogP contribution in [0.1, 0.15) is 167 Å². The Morgan fingerprint density at radius 2 is 1.06 bits per heavy atom. The van der Waals surface area contributed by atoms with Crippen molar-refractivity contribution in [2.75, 3.05) is 24.6 Å². The van der Waals surface area contributed by atoms with Crippen LogP contribution in [0.15, 0.2) is 48.5 Å². The van der Waals surface area contributed by atoms with Crippen molar-refractivity contribution in [3.8, 4) is 0 Å². The molecule has 2 aromatic rings. The summed E-state index contributed by atoms with van der Waals surface area (Å²) in [6.45, 7) is 16.6. The molecule has 0 spiro atoms. The molecular formula is C53H78N2O13S2. The van der Waals surface area contributed by atoms with Gasteiger partial charge in [0.05, 0.1) is 30.5 Å². The minimum atomic E-state index is -4.26. The summed E-state index contributed by atoms with van der Waals surface area (Å²) in [6, 6.07) is 15.6. The van der Waals surface area contributed by atoms with Gasteiger partial charge in [-0.1, -0.05) is 104 Å². The van der Waals surface area contributed by atoms with Gasteiger partial charge in [-0.15, -0.1) is 0 Å². The highest BCUT2D eigenvalue weighted by Crippen LogP contribution is 2.67. The molecule has 0 saturated heterocycles. The number of ether oxygens (including phenoxy) is 2. The van der Waals surface area contributed by atoms with Crippen LogP contribution in [0.4, 0.5) is 0 Å². The van der Waals surface area contributed by atoms with E-state index >= 15 is 0 Å². The van der Waals surface area contributed by atoms with Crippen LogP contribution in [0, 0.1) is 34.5 Å². The van der Waals surface area contributed by atoms with E-state index in [9.17, 15) is 41.1 Å². The van der Waals surface area contributed by atoms with Crippen molar-refractivity contribution in [1.29, 1.82) is 0 Å². The van der Waals surface area contributed by atoms with Crippen molar-refractivity contribution >= 4 is 44.0 Å². The lowest BCUT2D eigenvalue weighted by atomic mass is 9.44. The summed E-state index contributed by atoms with van der Waals surface area (Å²) in [5, 5.41) is 17.1. The van der Waals surface area contributed by atoms with Gasteiger partial charge in [-0.25, -0.2) is 0 Å². The number of aliphatic hydroxyl groups is 1. The number of esters is 2. The van der Waals surface area contributed by atoms with Crippen molar-refractivity contribution in [3.05, 3.63) is 70.8 Å². The van der Waals surface area contributed by atoms with Gasteiger partial charge in [0.2, 0.25) is 11.8 Å². The number of hydrogen-bond donors (Lipinski definition) is 5. The molecule has 2 aromatic carbocycles. The number of rotatable bonds is 18. The van der Waals surface area contributed by atoms with Gasteiger partial charge < -0.3 is 25.2 Å². The fourth-order valence-corrected chi connectivity index (χ4v) is 13.4. The SMILES string of the molecule is CC(C)(C)c1ccc(C(CC(=O)NCCS(=O)(=O)O)CC(=O)O[C@H]2CC[C@@]3(C)[C@H](C2)C(O)C[C@@H]2[C@@H]3CC[C@]3(C)[C@@H](OC(=O)CC(CC(=O)NCCS(=O)(=O)O)c4ccc(C(C)(C)C)cc4)CC[C@@H]23)cc1. The zero-order valence-electron chi connectivity index (χ0n) is 42.4. The summed E-state index contributed by atoms with van der Waals surface area (Å²) in [7, 11) is -8.52. The molecule has 390 valence electrons. The van der Waals surface area contributed by atoms with Crippen LogP contribution in [0.3, 0.4) is 0 Å². The molecule has 0 bridgehead atoms. The first kappa shape index (κ1) is 55.4. The van der Waals surface area contributed by atoms with Crippen molar-refractivity contribution in [2.45, 2.75) is 173 Å². The first-order valence-corrected chi connectivity index (χ1v) is 28.4. The highest BCUT2D eigenvalue weighted by Gasteiger charge is 2.63. The predicted molar refractivity (Wildman–Crippen MR) is 266 cm³/mol. The molecule has 4 aliphatic carbocycles. The van der Waals surface area contributed by atoms with Gasteiger partial charge in [-0.2, -0.15) is 16.8 Å². The smallest absolute Gasteiger partial charge is 0.306 e. The largest absolute Gasteiger partial charge is 0.462 e. The number of aliphatic hydroxyl groups excluding tert-OH is 1. The van der Waals surface area contributed by atoms with Crippen LogP contribution in [-0.4, -0.2) is 97.7 Å². The summed E-state index contributed by atoms with van der Waals surface area (Å²) in [5.74, 6) is -3.38. The number of nitrogens with one attached hydrogen (secondary N) is 2. The normalized spacial score (nSPS) is 28.8. The minimum Gasteiger partial charge on any atom is -0.462 e. The molecule has 4 saturated carbocycles. The molecule has 0 aromatic heterocycles. The lowest BCUT2D eigenvalue weighted by molar-refractivity contribution is -0.189. The summed E-state index contributed by atoms with van der Waals surface area (Å²) in [6.07, 6.45) is 4.20. The minimum absolute atomic E-state index is 0.0473. The van der Waals surface area contributed by atoms with E-state index in [0.717, 1.165) is 47.9 Å². The Morgan fingerprint density at radius 1 is 0.614 bits per heavy atom. The van der Waals surface area contributed by atoms with E-state index in [-0.39, 0.29) is 84.3 Å². The second-order valence-electron chi connectivity index (χ2n) is 23.5. The van der Waals surface area contributed by atoms with Crippen LogP contribution >= 0.6 is 0 Å². The Bertz CT molecular complexity index is 2410. The number of fused-ring (bicyclic) bond motifs is 5. The standard InChI is InChI=1S/C53H78N2O13S2/c1-50(2,3)37-13-9-33(10-14-37)35(27-46(57)54-23-25-69(61,62)63)29-48(59)67-39-19-21-52(7)42-20-22-53(8)41(40(42)32-44(56)43(52)31-39)17-18-45(53)68-49(60)30-36(28-47(58)55-24-26-70(64,65)66)34-11-15-38(16-12-34)51(4,5)6/h9-16,35-36,39-45,56H,17-32H2,1-8H3,(H,54,57)(H,55,58)(H,61,62,63)(H,64,65,66)/t35?,36?,39-,40-,41-,42-,43+,44?,45-,52+,53-/m0/s1. The second kappa shape index (κ2) is 21.7. The van der Waals surface area contributed by atoms with Crippen LogP contribution in [0.5, 0.6) is 0 Å². The van der Waals surface area contributed by atoms with Gasteiger partial charge >= 0.3 is 11.9 Å². The maximum Gasteiger partial charge on any atom is 0.306 e. The predicted octanol–water partition coefficient (Wildman–Crippen LogP) is 7.55. The zero-order chi connectivity index (χ0) is 51.6. The van der Waals surface area contributed by atoms with E-state index < -0.39 is 79.5 Å². The van der Waals surface area contributed by atoms with Gasteiger partial charge in [0.15, 0.2) is 0 Å². The molecule has 4 aliphatic rings. The molecule has 6 rings (SSSR count). The number of benzene rings is 2. The average molecular weight is 1020 g/mol. The number of carbonyl (C=O) groups is 4. The Kier molecular flexibility index (Phi) is 17.2. The topological polar surface area (TPSA) is 240 Å². The van der Waals surface area contributed by atoms with Crippen LogP contribution < -0.4 is 10.6 Å². The summed E-state index contributed by atoms with van der Waals surface area (Å²) < 4.78 is 75.8. The van der Waals surface area contributed by atoms with E-state index in [1.807, 2.05) is 48.5 Å². The Hall–Kier alpha value is -3.90. The third kappa shape index (κ3) is 14.0. The molecule has 70 heavy (non-hydrogen) atoms. The highest BCUT2D eigenvalue weighted by molar-refractivity contribution is 7.86. The molecule has 5 N–H and O–H groups in total. The van der Waals surface area contributed by atoms with Gasteiger partial charge in [0.25, 0.3) is 20.2 Å². The van der Waals surface area contributed by atoms with Crippen LogP contribution in [-0.2, 0) is 59.7 Å². The Labute approximate surface area is 415 Å². The van der Waals surface area contributed by atoms with E-state index in [2.05, 4.69) is 66.0 Å². The fraction of sp³-hybridized carbons (Fsp3) is 0.698. The van der Waals surface area contributed by atoms with Crippen molar-refractivity contribution < 1.29 is 59.7 Å². The maximum atomic E-state index is 13.9. The molecule has 4 fully saturated rings. The number of carbonyl (C=O) groups excluding carboxylic acids is 4. The first-order valence-electron chi connectivity index (χ1n) is 25.2.